The van der Waals surface area contributed by atoms with Crippen molar-refractivity contribution >= 4 is 11.8 Å². The summed E-state index contributed by atoms with van der Waals surface area (Å²) in [6.45, 7) is 1.53. The second-order valence-electron chi connectivity index (χ2n) is 7.17. The third-order valence-corrected chi connectivity index (χ3v) is 5.47. The van der Waals surface area contributed by atoms with E-state index in [4.69, 9.17) is 20.5 Å². The summed E-state index contributed by atoms with van der Waals surface area (Å²) in [6.07, 6.45) is 2.10. The van der Waals surface area contributed by atoms with Crippen molar-refractivity contribution in [2.45, 2.75) is 44.3 Å². The molecule has 2 atom stereocenters. The molecule has 1 aromatic carbocycles. The first-order chi connectivity index (χ1) is 13.5. The van der Waals surface area contributed by atoms with Crippen molar-refractivity contribution in [3.05, 3.63) is 23.3 Å². The number of benzene rings is 1. The Morgan fingerprint density at radius 1 is 1.25 bits per heavy atom. The largest absolute Gasteiger partial charge is 0.493 e. The van der Waals surface area contributed by atoms with Crippen LogP contribution in [0.15, 0.2) is 12.1 Å². The number of carbonyl (C=O) groups is 2. The Balaban J connectivity index is 1.64. The second kappa shape index (κ2) is 8.48. The van der Waals surface area contributed by atoms with E-state index in [9.17, 15) is 9.59 Å². The smallest absolute Gasteiger partial charge is 0.241 e. The van der Waals surface area contributed by atoms with Crippen LogP contribution in [0.1, 0.15) is 30.4 Å². The Labute approximate surface area is 164 Å². The number of nitriles is 1. The van der Waals surface area contributed by atoms with Gasteiger partial charge in [0.2, 0.25) is 11.8 Å². The van der Waals surface area contributed by atoms with Gasteiger partial charge in [0.25, 0.3) is 0 Å². The van der Waals surface area contributed by atoms with Gasteiger partial charge in [-0.3, -0.25) is 9.59 Å². The molecule has 2 aliphatic rings. The molecule has 1 aromatic rings. The molecule has 1 saturated heterocycles. The molecular formula is C20H26N4O4. The third kappa shape index (κ3) is 3.90. The number of hydrogen-bond donors (Lipinski definition) is 1. The van der Waals surface area contributed by atoms with Gasteiger partial charge in [0, 0.05) is 19.6 Å². The van der Waals surface area contributed by atoms with E-state index < -0.39 is 12.1 Å². The molecule has 2 heterocycles. The molecule has 2 N–H and O–H groups in total. The van der Waals surface area contributed by atoms with Gasteiger partial charge in [0.15, 0.2) is 11.5 Å². The molecule has 0 aliphatic carbocycles. The second-order valence-corrected chi connectivity index (χ2v) is 7.17. The van der Waals surface area contributed by atoms with Crippen LogP contribution in [0.25, 0.3) is 0 Å². The lowest BCUT2D eigenvalue weighted by atomic mass is 9.98. The lowest BCUT2D eigenvalue weighted by Gasteiger charge is -2.31. The predicted molar refractivity (Wildman–Crippen MR) is 102 cm³/mol. The standard InChI is InChI=1S/C20H26N4O4/c1-27-17-8-13-5-7-23(12-14(13)9-18(17)28-2)19(25)10-16(22)20(26)24-6-3-4-15(24)11-21/h8-9,15-16H,3-7,10,12,22H2,1-2H3/t15-,16+/m1/s1. The fourth-order valence-electron chi connectivity index (χ4n) is 3.88. The number of carbonyl (C=O) groups excluding carboxylic acids is 2. The van der Waals surface area contributed by atoms with Crippen molar-refractivity contribution in [1.29, 1.82) is 5.26 Å². The van der Waals surface area contributed by atoms with Gasteiger partial charge >= 0.3 is 0 Å². The predicted octanol–water partition coefficient (Wildman–Crippen LogP) is 0.820. The molecule has 0 aromatic heterocycles. The zero-order valence-corrected chi connectivity index (χ0v) is 16.3. The van der Waals surface area contributed by atoms with E-state index in [0.717, 1.165) is 17.5 Å². The van der Waals surface area contributed by atoms with Gasteiger partial charge in [-0.2, -0.15) is 5.26 Å². The van der Waals surface area contributed by atoms with Crippen molar-refractivity contribution in [3.8, 4) is 17.6 Å². The fraction of sp³-hybridized carbons (Fsp3) is 0.550. The maximum Gasteiger partial charge on any atom is 0.241 e. The average Bonchev–Trinajstić information content (AvgIpc) is 3.20. The normalized spacial score (nSPS) is 19.6. The summed E-state index contributed by atoms with van der Waals surface area (Å²) in [6, 6.07) is 4.61. The van der Waals surface area contributed by atoms with Gasteiger partial charge < -0.3 is 25.0 Å². The van der Waals surface area contributed by atoms with E-state index in [1.807, 2.05) is 12.1 Å². The highest BCUT2D eigenvalue weighted by molar-refractivity contribution is 5.88. The van der Waals surface area contributed by atoms with Gasteiger partial charge in [0.1, 0.15) is 6.04 Å². The molecule has 0 radical (unpaired) electrons. The van der Waals surface area contributed by atoms with Crippen molar-refractivity contribution in [3.63, 3.8) is 0 Å². The maximum absolute atomic E-state index is 12.7. The number of nitrogens with zero attached hydrogens (tertiary/aromatic N) is 3. The molecule has 1 fully saturated rings. The molecule has 8 nitrogen and oxygen atoms in total. The number of fused-ring (bicyclic) bond motifs is 1. The summed E-state index contributed by atoms with van der Waals surface area (Å²) in [5, 5.41) is 9.15. The van der Waals surface area contributed by atoms with E-state index in [0.29, 0.717) is 44.0 Å². The van der Waals surface area contributed by atoms with Gasteiger partial charge in [-0.15, -0.1) is 0 Å². The van der Waals surface area contributed by atoms with E-state index in [-0.39, 0.29) is 18.2 Å². The quantitative estimate of drug-likeness (QED) is 0.802. The molecule has 2 aliphatic heterocycles. The summed E-state index contributed by atoms with van der Waals surface area (Å²) in [5.41, 5.74) is 8.14. The highest BCUT2D eigenvalue weighted by atomic mass is 16.5. The molecule has 3 rings (SSSR count). The topological polar surface area (TPSA) is 109 Å². The number of amides is 2. The van der Waals surface area contributed by atoms with Crippen molar-refractivity contribution in [1.82, 2.24) is 9.80 Å². The van der Waals surface area contributed by atoms with Gasteiger partial charge in [-0.25, -0.2) is 0 Å². The molecule has 0 spiro atoms. The zero-order valence-electron chi connectivity index (χ0n) is 16.3. The fourth-order valence-corrected chi connectivity index (χ4v) is 3.88. The summed E-state index contributed by atoms with van der Waals surface area (Å²) in [5.74, 6) is 0.820. The monoisotopic (exact) mass is 386 g/mol. The van der Waals surface area contributed by atoms with Crippen LogP contribution < -0.4 is 15.2 Å². The van der Waals surface area contributed by atoms with Crippen LogP contribution >= 0.6 is 0 Å². The van der Waals surface area contributed by atoms with Gasteiger partial charge in [-0.1, -0.05) is 0 Å². The van der Waals surface area contributed by atoms with Crippen LogP contribution in [0.5, 0.6) is 11.5 Å². The summed E-state index contributed by atoms with van der Waals surface area (Å²) < 4.78 is 10.7. The minimum Gasteiger partial charge on any atom is -0.493 e. The number of rotatable bonds is 5. The van der Waals surface area contributed by atoms with Crippen LogP contribution in [0, 0.1) is 11.3 Å². The molecule has 2 amide bonds. The Kier molecular flexibility index (Phi) is 6.05. The molecule has 28 heavy (non-hydrogen) atoms. The van der Waals surface area contributed by atoms with Crippen molar-refractivity contribution in [2.24, 2.45) is 5.73 Å². The Morgan fingerprint density at radius 3 is 2.57 bits per heavy atom. The Bertz CT molecular complexity index is 804. The minimum absolute atomic E-state index is 0.0594. The molecular weight excluding hydrogens is 360 g/mol. The van der Waals surface area contributed by atoms with Crippen molar-refractivity contribution in [2.75, 3.05) is 27.3 Å². The average molecular weight is 386 g/mol. The lowest BCUT2D eigenvalue weighted by molar-refractivity contribution is -0.138. The first-order valence-corrected chi connectivity index (χ1v) is 9.45. The first kappa shape index (κ1) is 20.0. The van der Waals surface area contributed by atoms with E-state index in [2.05, 4.69) is 6.07 Å². The molecule has 150 valence electrons. The van der Waals surface area contributed by atoms with Gasteiger partial charge in [-0.05, 0) is 42.5 Å². The number of hydrogen-bond acceptors (Lipinski definition) is 6. The number of likely N-dealkylation sites (tertiary alicyclic amines) is 1. The third-order valence-electron chi connectivity index (χ3n) is 5.47. The van der Waals surface area contributed by atoms with Crippen LogP contribution in [-0.2, 0) is 22.6 Å². The van der Waals surface area contributed by atoms with Crippen LogP contribution in [0.2, 0.25) is 0 Å². The highest BCUT2D eigenvalue weighted by Crippen LogP contribution is 2.33. The highest BCUT2D eigenvalue weighted by Gasteiger charge is 2.33. The number of ether oxygens (including phenoxy) is 2. The number of methoxy groups -OCH3 is 2. The van der Waals surface area contributed by atoms with Crippen molar-refractivity contribution < 1.29 is 19.1 Å². The van der Waals surface area contributed by atoms with E-state index >= 15 is 0 Å². The van der Waals surface area contributed by atoms with Crippen LogP contribution in [-0.4, -0.2) is 61.0 Å². The van der Waals surface area contributed by atoms with Crippen LogP contribution in [0.4, 0.5) is 0 Å². The minimum atomic E-state index is -0.923. The molecule has 0 saturated carbocycles. The van der Waals surface area contributed by atoms with Gasteiger partial charge in [0.05, 0.1) is 32.8 Å². The molecule has 8 heteroatoms. The molecule has 0 unspecified atom stereocenters. The lowest BCUT2D eigenvalue weighted by Crippen LogP contribution is -2.48. The zero-order chi connectivity index (χ0) is 20.3. The molecule has 0 bridgehead atoms. The van der Waals surface area contributed by atoms with Crippen LogP contribution in [0.3, 0.4) is 0 Å². The Morgan fingerprint density at radius 2 is 1.93 bits per heavy atom. The summed E-state index contributed by atoms with van der Waals surface area (Å²) in [4.78, 5) is 28.5. The Hall–Kier alpha value is -2.79. The SMILES string of the molecule is COc1cc2c(cc1OC)CN(C(=O)C[C@H](N)C(=O)N1CCC[C@@H]1C#N)CC2. The van der Waals surface area contributed by atoms with E-state index in [1.165, 1.54) is 4.90 Å². The first-order valence-electron chi connectivity index (χ1n) is 9.45. The summed E-state index contributed by atoms with van der Waals surface area (Å²) >= 11 is 0. The summed E-state index contributed by atoms with van der Waals surface area (Å²) in [7, 11) is 3.17. The van der Waals surface area contributed by atoms with E-state index in [1.54, 1.807) is 19.1 Å². The maximum atomic E-state index is 12.7. The number of nitrogens with two attached hydrogens (primary N) is 1.